The van der Waals surface area contributed by atoms with Crippen molar-refractivity contribution in [3.8, 4) is 0 Å². The minimum atomic E-state index is -0.303. The van der Waals surface area contributed by atoms with Gasteiger partial charge in [0.1, 0.15) is 0 Å². The summed E-state index contributed by atoms with van der Waals surface area (Å²) in [5.74, 6) is 0.188. The van der Waals surface area contributed by atoms with Gasteiger partial charge in [0.05, 0.1) is 23.1 Å². The van der Waals surface area contributed by atoms with Crippen LogP contribution in [0.3, 0.4) is 0 Å². The summed E-state index contributed by atoms with van der Waals surface area (Å²) >= 11 is 0. The Morgan fingerprint density at radius 3 is 2.72 bits per heavy atom. The van der Waals surface area contributed by atoms with Gasteiger partial charge in [0.15, 0.2) is 5.69 Å². The Labute approximate surface area is 145 Å². The van der Waals surface area contributed by atoms with E-state index in [1.54, 1.807) is 13.0 Å². The van der Waals surface area contributed by atoms with Gasteiger partial charge in [-0.1, -0.05) is 5.11 Å². The summed E-state index contributed by atoms with van der Waals surface area (Å²) in [7, 11) is 0. The molecular formula is C17H21N7O. The summed E-state index contributed by atoms with van der Waals surface area (Å²) in [6.45, 7) is 7.96. The molecule has 0 spiro atoms. The zero-order valence-electron chi connectivity index (χ0n) is 14.8. The molecule has 0 aromatic carbocycles. The lowest BCUT2D eigenvalue weighted by Crippen LogP contribution is -2.25. The van der Waals surface area contributed by atoms with Crippen LogP contribution in [0.1, 0.15) is 61.4 Å². The number of nitrogens with one attached hydrogen (secondary N) is 1. The Hall–Kier alpha value is -2.86. The molecule has 8 nitrogen and oxygen atoms in total. The van der Waals surface area contributed by atoms with Crippen LogP contribution < -0.4 is 5.32 Å². The monoisotopic (exact) mass is 339 g/mol. The molecule has 1 aliphatic carbocycles. The number of carbonyl (C=O) groups excluding carboxylic acids is 1. The van der Waals surface area contributed by atoms with Crippen LogP contribution in [-0.2, 0) is 5.54 Å². The molecule has 0 aliphatic heterocycles. The summed E-state index contributed by atoms with van der Waals surface area (Å²) in [4.78, 5) is 19.5. The Morgan fingerprint density at radius 1 is 1.40 bits per heavy atom. The minimum absolute atomic E-state index is 0.184. The fraction of sp³-hybridized carbons (Fsp3) is 0.471. The van der Waals surface area contributed by atoms with E-state index in [0.717, 1.165) is 18.5 Å². The molecule has 1 saturated carbocycles. The molecule has 1 amide bonds. The zero-order chi connectivity index (χ0) is 18.2. The van der Waals surface area contributed by atoms with Gasteiger partial charge in [0.25, 0.3) is 5.91 Å². The van der Waals surface area contributed by atoms with Gasteiger partial charge in [-0.2, -0.15) is 5.10 Å². The van der Waals surface area contributed by atoms with Gasteiger partial charge in [-0.3, -0.25) is 14.5 Å². The highest BCUT2D eigenvalue weighted by molar-refractivity contribution is 6.03. The first-order chi connectivity index (χ1) is 11.8. The van der Waals surface area contributed by atoms with Crippen molar-refractivity contribution in [1.82, 2.24) is 14.8 Å². The van der Waals surface area contributed by atoms with Crippen molar-refractivity contribution in [2.45, 2.75) is 52.0 Å². The van der Waals surface area contributed by atoms with Crippen molar-refractivity contribution in [2.24, 2.45) is 5.11 Å². The summed E-state index contributed by atoms with van der Waals surface area (Å²) < 4.78 is 1.94. The van der Waals surface area contributed by atoms with Crippen molar-refractivity contribution in [1.29, 1.82) is 0 Å². The topological polar surface area (TPSA) is 109 Å². The number of amides is 1. The van der Waals surface area contributed by atoms with E-state index in [9.17, 15) is 4.79 Å². The first-order valence-corrected chi connectivity index (χ1v) is 8.23. The van der Waals surface area contributed by atoms with Crippen LogP contribution in [0.2, 0.25) is 0 Å². The smallest absolute Gasteiger partial charge is 0.276 e. The molecule has 0 bridgehead atoms. The van der Waals surface area contributed by atoms with Crippen LogP contribution in [0.5, 0.6) is 0 Å². The third kappa shape index (κ3) is 3.64. The minimum Gasteiger partial charge on any atom is -0.319 e. The summed E-state index contributed by atoms with van der Waals surface area (Å²) in [5, 5.41) is 10.9. The fourth-order valence-electron chi connectivity index (χ4n) is 2.65. The number of carbonyl (C=O) groups is 1. The molecule has 8 heteroatoms. The molecule has 0 radical (unpaired) electrons. The Bertz CT molecular complexity index is 868. The number of anilines is 1. The van der Waals surface area contributed by atoms with E-state index in [-0.39, 0.29) is 11.4 Å². The molecular weight excluding hydrogens is 318 g/mol. The maximum absolute atomic E-state index is 12.6. The lowest BCUT2D eigenvalue weighted by Gasteiger charge is -2.22. The fourth-order valence-corrected chi connectivity index (χ4v) is 2.65. The molecule has 1 N–H and O–H groups in total. The number of hydrogen-bond donors (Lipinski definition) is 1. The lowest BCUT2D eigenvalue weighted by atomic mass is 10.1. The SMILES string of the molecule is Cc1ncc(NC(=O)c2cc(C3CC3)n(C(C)(C)C)n2)cc1N=[N+]=[N-]. The molecule has 2 aromatic heterocycles. The molecule has 0 unspecified atom stereocenters. The summed E-state index contributed by atoms with van der Waals surface area (Å²) in [6, 6.07) is 3.47. The third-order valence-electron chi connectivity index (χ3n) is 4.07. The second-order valence-electron chi connectivity index (χ2n) is 7.28. The Balaban J connectivity index is 1.87. The Kier molecular flexibility index (Phi) is 4.22. The van der Waals surface area contributed by atoms with Gasteiger partial charge in [-0.15, -0.1) is 0 Å². The molecule has 2 heterocycles. The highest BCUT2D eigenvalue weighted by Gasteiger charge is 2.32. The predicted octanol–water partition coefficient (Wildman–Crippen LogP) is 4.41. The molecule has 2 aromatic rings. The van der Waals surface area contributed by atoms with E-state index in [1.165, 1.54) is 6.20 Å². The number of hydrogen-bond acceptors (Lipinski definition) is 4. The highest BCUT2D eigenvalue weighted by atomic mass is 16.2. The van der Waals surface area contributed by atoms with Crippen LogP contribution in [0.15, 0.2) is 23.4 Å². The highest BCUT2D eigenvalue weighted by Crippen LogP contribution is 2.41. The van der Waals surface area contributed by atoms with Crippen molar-refractivity contribution in [2.75, 3.05) is 5.32 Å². The van der Waals surface area contributed by atoms with Crippen LogP contribution in [0.4, 0.5) is 11.4 Å². The van der Waals surface area contributed by atoms with Crippen LogP contribution in [0, 0.1) is 6.92 Å². The van der Waals surface area contributed by atoms with Crippen LogP contribution in [0.25, 0.3) is 10.4 Å². The van der Waals surface area contributed by atoms with Crippen LogP contribution in [-0.4, -0.2) is 20.7 Å². The van der Waals surface area contributed by atoms with Crippen molar-refractivity contribution in [3.63, 3.8) is 0 Å². The van der Waals surface area contributed by atoms with E-state index < -0.39 is 0 Å². The van der Waals surface area contributed by atoms with E-state index in [1.807, 2.05) is 10.7 Å². The van der Waals surface area contributed by atoms with Gasteiger partial charge in [0.2, 0.25) is 0 Å². The maximum Gasteiger partial charge on any atom is 0.276 e. The number of nitrogens with zero attached hydrogens (tertiary/aromatic N) is 6. The second kappa shape index (κ2) is 6.22. The third-order valence-corrected chi connectivity index (χ3v) is 4.07. The van der Waals surface area contributed by atoms with Gasteiger partial charge in [-0.25, -0.2) is 0 Å². The normalized spacial score (nSPS) is 14.1. The second-order valence-corrected chi connectivity index (χ2v) is 7.28. The van der Waals surface area contributed by atoms with E-state index in [2.05, 4.69) is 46.2 Å². The van der Waals surface area contributed by atoms with Crippen molar-refractivity contribution >= 4 is 17.3 Å². The average molecular weight is 339 g/mol. The van der Waals surface area contributed by atoms with Crippen molar-refractivity contribution < 1.29 is 4.79 Å². The molecule has 0 atom stereocenters. The molecule has 0 saturated heterocycles. The maximum atomic E-state index is 12.6. The van der Waals surface area contributed by atoms with E-state index >= 15 is 0 Å². The number of pyridine rings is 1. The molecule has 3 rings (SSSR count). The zero-order valence-corrected chi connectivity index (χ0v) is 14.8. The quantitative estimate of drug-likeness (QED) is 0.506. The number of aryl methyl sites for hydroxylation is 1. The van der Waals surface area contributed by atoms with E-state index in [4.69, 9.17) is 5.53 Å². The standard InChI is InChI=1S/C17H21N7O/c1-10-13(21-23-18)7-12(9-19-10)20-16(25)14-8-15(11-5-6-11)24(22-14)17(2,3)4/h7-9,11H,5-6H2,1-4H3,(H,20,25). The first-order valence-electron chi connectivity index (χ1n) is 8.23. The molecule has 1 fully saturated rings. The van der Waals surface area contributed by atoms with Gasteiger partial charge in [-0.05, 0) is 58.2 Å². The summed E-state index contributed by atoms with van der Waals surface area (Å²) in [6.07, 6.45) is 3.81. The number of aromatic nitrogens is 3. The number of rotatable bonds is 4. The van der Waals surface area contributed by atoms with Gasteiger partial charge >= 0.3 is 0 Å². The van der Waals surface area contributed by atoms with E-state index in [0.29, 0.717) is 28.7 Å². The lowest BCUT2D eigenvalue weighted by molar-refractivity contribution is 0.102. The predicted molar refractivity (Wildman–Crippen MR) is 94.9 cm³/mol. The molecule has 130 valence electrons. The summed E-state index contributed by atoms with van der Waals surface area (Å²) in [5.41, 5.74) is 11.3. The average Bonchev–Trinajstić information content (AvgIpc) is 3.27. The number of azide groups is 1. The molecule has 25 heavy (non-hydrogen) atoms. The first kappa shape index (κ1) is 17.0. The van der Waals surface area contributed by atoms with Gasteiger partial charge < -0.3 is 5.32 Å². The van der Waals surface area contributed by atoms with Gasteiger partial charge in [0, 0.05) is 22.2 Å². The van der Waals surface area contributed by atoms with Crippen LogP contribution >= 0.6 is 0 Å². The largest absolute Gasteiger partial charge is 0.319 e. The Morgan fingerprint density at radius 2 is 2.12 bits per heavy atom. The van der Waals surface area contributed by atoms with Crippen molar-refractivity contribution in [3.05, 3.63) is 45.9 Å². The molecule has 1 aliphatic rings.